The number of carbonyl (C=O) groups is 1. The normalized spacial score (nSPS) is 20.8. The van der Waals surface area contributed by atoms with Crippen LogP contribution in [0.5, 0.6) is 0 Å². The van der Waals surface area contributed by atoms with Crippen molar-refractivity contribution in [1.82, 2.24) is 10.6 Å². The molecule has 1 aliphatic heterocycles. The van der Waals surface area contributed by atoms with Crippen LogP contribution in [0.4, 0.5) is 0 Å². The summed E-state index contributed by atoms with van der Waals surface area (Å²) in [7, 11) is 0. The number of rotatable bonds is 6. The Kier molecular flexibility index (Phi) is 5.20. The van der Waals surface area contributed by atoms with Gasteiger partial charge in [0.2, 0.25) is 5.91 Å². The molecule has 100 valence electrons. The Morgan fingerprint density at radius 1 is 1.67 bits per heavy atom. The highest BCUT2D eigenvalue weighted by Gasteiger charge is 2.17. The zero-order valence-corrected chi connectivity index (χ0v) is 11.8. The summed E-state index contributed by atoms with van der Waals surface area (Å²) in [6.07, 6.45) is 4.02. The number of hydrogen-bond acceptors (Lipinski definition) is 3. The molecular formula is C14H22N2OS. The lowest BCUT2D eigenvalue weighted by Gasteiger charge is -2.14. The van der Waals surface area contributed by atoms with Crippen molar-refractivity contribution < 1.29 is 4.79 Å². The minimum atomic E-state index is 0.187. The van der Waals surface area contributed by atoms with Crippen LogP contribution < -0.4 is 10.6 Å². The van der Waals surface area contributed by atoms with Gasteiger partial charge in [-0.15, -0.1) is 11.3 Å². The Bertz CT molecular complexity index is 358. The fraction of sp³-hybridized carbons (Fsp3) is 0.643. The Morgan fingerprint density at radius 2 is 2.56 bits per heavy atom. The van der Waals surface area contributed by atoms with Crippen LogP contribution in [0.15, 0.2) is 17.5 Å². The van der Waals surface area contributed by atoms with Crippen LogP contribution in [0.2, 0.25) is 0 Å². The highest BCUT2D eigenvalue weighted by molar-refractivity contribution is 7.09. The van der Waals surface area contributed by atoms with Gasteiger partial charge in [-0.1, -0.05) is 13.0 Å². The molecule has 0 aromatic carbocycles. The second kappa shape index (κ2) is 6.90. The van der Waals surface area contributed by atoms with Gasteiger partial charge in [-0.05, 0) is 43.2 Å². The molecule has 1 aliphatic rings. The van der Waals surface area contributed by atoms with E-state index in [0.29, 0.717) is 18.4 Å². The van der Waals surface area contributed by atoms with E-state index in [4.69, 9.17) is 0 Å². The van der Waals surface area contributed by atoms with Crippen molar-refractivity contribution in [1.29, 1.82) is 0 Å². The van der Waals surface area contributed by atoms with Gasteiger partial charge >= 0.3 is 0 Å². The molecule has 18 heavy (non-hydrogen) atoms. The third-order valence-corrected chi connectivity index (χ3v) is 4.27. The van der Waals surface area contributed by atoms with Crippen molar-refractivity contribution in [3.05, 3.63) is 22.4 Å². The Morgan fingerprint density at radius 3 is 3.22 bits per heavy atom. The second-order valence-corrected chi connectivity index (χ2v) is 6.22. The predicted octanol–water partition coefficient (Wildman–Crippen LogP) is 2.18. The number of amides is 1. The quantitative estimate of drug-likeness (QED) is 0.828. The summed E-state index contributed by atoms with van der Waals surface area (Å²) >= 11 is 1.79. The molecule has 2 unspecified atom stereocenters. The Hall–Kier alpha value is -0.870. The number of hydrogen-bond donors (Lipinski definition) is 2. The fourth-order valence-corrected chi connectivity index (χ4v) is 3.23. The molecule has 1 saturated heterocycles. The average molecular weight is 266 g/mol. The summed E-state index contributed by atoms with van der Waals surface area (Å²) in [6.45, 7) is 4.03. The standard InChI is InChI=1S/C14H22N2OS/c1-11(8-13-5-3-7-18-13)10-16-14(17)9-12-4-2-6-15-12/h3,5,7,11-12,15H,2,4,6,8-10H2,1H3,(H,16,17). The molecule has 0 saturated carbocycles. The molecule has 0 spiro atoms. The van der Waals surface area contributed by atoms with Crippen molar-refractivity contribution >= 4 is 17.2 Å². The highest BCUT2D eigenvalue weighted by Crippen LogP contribution is 2.14. The second-order valence-electron chi connectivity index (χ2n) is 5.19. The summed E-state index contributed by atoms with van der Waals surface area (Å²) in [5, 5.41) is 8.50. The van der Waals surface area contributed by atoms with Crippen LogP contribution in [0, 0.1) is 5.92 Å². The lowest BCUT2D eigenvalue weighted by atomic mass is 10.1. The van der Waals surface area contributed by atoms with E-state index < -0.39 is 0 Å². The number of thiophene rings is 1. The molecule has 2 N–H and O–H groups in total. The van der Waals surface area contributed by atoms with Crippen LogP contribution >= 0.6 is 11.3 Å². The van der Waals surface area contributed by atoms with Gasteiger partial charge in [0, 0.05) is 23.9 Å². The fourth-order valence-electron chi connectivity index (χ4n) is 2.36. The molecule has 3 nitrogen and oxygen atoms in total. The third kappa shape index (κ3) is 4.42. The van der Waals surface area contributed by atoms with Gasteiger partial charge in [0.05, 0.1) is 0 Å². The third-order valence-electron chi connectivity index (χ3n) is 3.37. The van der Waals surface area contributed by atoms with Gasteiger partial charge in [0.15, 0.2) is 0 Å². The number of nitrogens with one attached hydrogen (secondary N) is 2. The van der Waals surface area contributed by atoms with Crippen molar-refractivity contribution in [2.75, 3.05) is 13.1 Å². The van der Waals surface area contributed by atoms with Crippen LogP contribution in [-0.2, 0) is 11.2 Å². The minimum absolute atomic E-state index is 0.187. The maximum Gasteiger partial charge on any atom is 0.221 e. The van der Waals surface area contributed by atoms with Crippen LogP contribution in [0.3, 0.4) is 0 Å². The summed E-state index contributed by atoms with van der Waals surface area (Å²) in [5.41, 5.74) is 0. The molecule has 2 rings (SSSR count). The molecular weight excluding hydrogens is 244 g/mol. The van der Waals surface area contributed by atoms with Crippen molar-refractivity contribution in [2.45, 2.75) is 38.6 Å². The summed E-state index contributed by atoms with van der Waals surface area (Å²) < 4.78 is 0. The molecule has 1 fully saturated rings. The first-order valence-corrected chi connectivity index (χ1v) is 7.64. The topological polar surface area (TPSA) is 41.1 Å². The van der Waals surface area contributed by atoms with E-state index >= 15 is 0 Å². The Balaban J connectivity index is 1.62. The summed E-state index contributed by atoms with van der Waals surface area (Å²) in [6, 6.07) is 4.64. The van der Waals surface area contributed by atoms with E-state index in [2.05, 4.69) is 35.1 Å². The molecule has 2 atom stereocenters. The van der Waals surface area contributed by atoms with Crippen LogP contribution in [0.1, 0.15) is 31.1 Å². The van der Waals surface area contributed by atoms with E-state index in [0.717, 1.165) is 25.9 Å². The van der Waals surface area contributed by atoms with Gasteiger partial charge in [-0.25, -0.2) is 0 Å². The van der Waals surface area contributed by atoms with E-state index in [1.165, 1.54) is 11.3 Å². The molecule has 1 aromatic heterocycles. The van der Waals surface area contributed by atoms with Crippen LogP contribution in [-0.4, -0.2) is 25.0 Å². The van der Waals surface area contributed by atoms with Crippen molar-refractivity contribution in [3.8, 4) is 0 Å². The maximum atomic E-state index is 11.8. The first kappa shape index (κ1) is 13.6. The first-order valence-electron chi connectivity index (χ1n) is 6.76. The van der Waals surface area contributed by atoms with Gasteiger partial charge in [-0.3, -0.25) is 4.79 Å². The molecule has 2 heterocycles. The highest BCUT2D eigenvalue weighted by atomic mass is 32.1. The molecule has 4 heteroatoms. The lowest BCUT2D eigenvalue weighted by Crippen LogP contribution is -2.34. The predicted molar refractivity (Wildman–Crippen MR) is 75.8 cm³/mol. The minimum Gasteiger partial charge on any atom is -0.356 e. The zero-order valence-electron chi connectivity index (χ0n) is 10.9. The molecule has 1 amide bonds. The summed E-state index contributed by atoms with van der Waals surface area (Å²) in [4.78, 5) is 13.2. The maximum absolute atomic E-state index is 11.8. The summed E-state index contributed by atoms with van der Waals surface area (Å²) in [5.74, 6) is 0.691. The van der Waals surface area contributed by atoms with E-state index in [1.54, 1.807) is 11.3 Å². The number of carbonyl (C=O) groups excluding carboxylic acids is 1. The molecule has 1 aromatic rings. The van der Waals surface area contributed by atoms with Crippen LogP contribution in [0.25, 0.3) is 0 Å². The van der Waals surface area contributed by atoms with E-state index in [1.807, 2.05) is 0 Å². The SMILES string of the molecule is CC(CNC(=O)CC1CCCN1)Cc1cccs1. The average Bonchev–Trinajstić information content (AvgIpc) is 2.99. The monoisotopic (exact) mass is 266 g/mol. The molecule has 0 radical (unpaired) electrons. The van der Waals surface area contributed by atoms with Gasteiger partial charge in [-0.2, -0.15) is 0 Å². The smallest absolute Gasteiger partial charge is 0.221 e. The zero-order chi connectivity index (χ0) is 12.8. The largest absolute Gasteiger partial charge is 0.356 e. The van der Waals surface area contributed by atoms with Gasteiger partial charge in [0.25, 0.3) is 0 Å². The van der Waals surface area contributed by atoms with Gasteiger partial charge in [0.1, 0.15) is 0 Å². The molecule has 0 aliphatic carbocycles. The van der Waals surface area contributed by atoms with E-state index in [9.17, 15) is 4.79 Å². The lowest BCUT2D eigenvalue weighted by molar-refractivity contribution is -0.121. The van der Waals surface area contributed by atoms with Crippen molar-refractivity contribution in [2.24, 2.45) is 5.92 Å². The molecule has 0 bridgehead atoms. The first-order chi connectivity index (χ1) is 8.74. The van der Waals surface area contributed by atoms with Crippen molar-refractivity contribution in [3.63, 3.8) is 0 Å². The van der Waals surface area contributed by atoms with Gasteiger partial charge < -0.3 is 10.6 Å². The van der Waals surface area contributed by atoms with E-state index in [-0.39, 0.29) is 5.91 Å². The Labute approximate surface area is 113 Å².